The zero-order valence-corrected chi connectivity index (χ0v) is 13.0. The Kier molecular flexibility index (Phi) is 3.05. The Labute approximate surface area is 131 Å². The average Bonchev–Trinajstić information content (AvgIpc) is 2.92. The van der Waals surface area contributed by atoms with Crippen molar-refractivity contribution >= 4 is 31.5 Å². The van der Waals surface area contributed by atoms with Gasteiger partial charge in [-0.3, -0.25) is 4.79 Å². The van der Waals surface area contributed by atoms with Gasteiger partial charge in [-0.1, -0.05) is 18.2 Å². The fraction of sp³-hybridized carbons (Fsp3) is 0.111. The van der Waals surface area contributed by atoms with Gasteiger partial charge in [-0.05, 0) is 29.8 Å². The van der Waals surface area contributed by atoms with Gasteiger partial charge >= 0.3 is 0 Å². The van der Waals surface area contributed by atoms with Gasteiger partial charge in [0.15, 0.2) is 5.43 Å². The molecule has 4 aromatic rings. The molecule has 2 aromatic heterocycles. The minimum atomic E-state index is 0.128. The number of aromatic nitrogens is 2. The number of hydrogen-bond acceptors (Lipinski definition) is 2. The van der Waals surface area contributed by atoms with E-state index in [1.165, 1.54) is 5.56 Å². The Bertz CT molecular complexity index is 1050. The molecule has 4 heteroatoms. The van der Waals surface area contributed by atoms with Crippen LogP contribution in [0.5, 0.6) is 0 Å². The second kappa shape index (κ2) is 5.07. The maximum absolute atomic E-state index is 12.6. The fourth-order valence-corrected chi connectivity index (χ4v) is 3.89. The van der Waals surface area contributed by atoms with Crippen LogP contribution < -0.4 is 10.00 Å². The van der Waals surface area contributed by atoms with E-state index in [0.717, 1.165) is 26.7 Å². The summed E-state index contributed by atoms with van der Waals surface area (Å²) in [7, 11) is 2.01. The molecular weight excluding hydrogens is 292 g/mol. The van der Waals surface area contributed by atoms with Crippen LogP contribution in [0.4, 0.5) is 0 Å². The minimum absolute atomic E-state index is 0.128. The molecule has 0 aliphatic carbocycles. The van der Waals surface area contributed by atoms with Crippen molar-refractivity contribution in [3.05, 3.63) is 77.0 Å². The average molecular weight is 307 g/mol. The van der Waals surface area contributed by atoms with Crippen molar-refractivity contribution in [2.75, 3.05) is 0 Å². The smallest absolute Gasteiger partial charge is 0.243 e. The van der Waals surface area contributed by atoms with Gasteiger partial charge < -0.3 is 0 Å². The molecule has 0 amide bonds. The van der Waals surface area contributed by atoms with E-state index in [0.29, 0.717) is 0 Å². The van der Waals surface area contributed by atoms with Crippen LogP contribution in [-0.4, -0.2) is 4.57 Å². The lowest BCUT2D eigenvalue weighted by Crippen LogP contribution is -2.23. The zero-order valence-electron chi connectivity index (χ0n) is 12.2. The van der Waals surface area contributed by atoms with Crippen molar-refractivity contribution in [3.8, 4) is 0 Å². The summed E-state index contributed by atoms with van der Waals surface area (Å²) in [6, 6.07) is 14.0. The number of hydrogen-bond donors (Lipinski definition) is 0. The minimum Gasteiger partial charge on any atom is -0.289 e. The third-order valence-electron chi connectivity index (χ3n) is 3.83. The Morgan fingerprint density at radius 2 is 1.91 bits per heavy atom. The van der Waals surface area contributed by atoms with Gasteiger partial charge in [0.05, 0.1) is 7.05 Å². The molecule has 0 spiro atoms. The lowest BCUT2D eigenvalue weighted by molar-refractivity contribution is -0.671. The molecule has 4 rings (SSSR count). The number of imidazole rings is 1. The molecule has 108 valence electrons. The molecule has 0 N–H and O–H groups in total. The van der Waals surface area contributed by atoms with Crippen LogP contribution >= 0.6 is 11.3 Å². The fourth-order valence-electron chi connectivity index (χ4n) is 2.75. The first kappa shape index (κ1) is 13.2. The maximum Gasteiger partial charge on any atom is 0.243 e. The summed E-state index contributed by atoms with van der Waals surface area (Å²) in [6.45, 7) is 0.810. The predicted octanol–water partition coefficient (Wildman–Crippen LogP) is 3.09. The molecule has 0 saturated heterocycles. The van der Waals surface area contributed by atoms with Crippen molar-refractivity contribution in [3.63, 3.8) is 0 Å². The lowest BCUT2D eigenvalue weighted by atomic mass is 10.1. The Morgan fingerprint density at radius 3 is 2.73 bits per heavy atom. The number of aryl methyl sites for hydroxylation is 1. The Morgan fingerprint density at radius 1 is 1.09 bits per heavy atom. The third kappa shape index (κ3) is 2.22. The topological polar surface area (TPSA) is 25.9 Å². The van der Waals surface area contributed by atoms with Crippen LogP contribution in [0, 0.1) is 0 Å². The number of benzene rings is 2. The van der Waals surface area contributed by atoms with Crippen LogP contribution in [0.15, 0.2) is 66.0 Å². The molecular formula is C18H15N2OS+. The molecule has 3 nitrogen and oxygen atoms in total. The highest BCUT2D eigenvalue weighted by molar-refractivity contribution is 7.24. The van der Waals surface area contributed by atoms with E-state index in [9.17, 15) is 4.79 Å². The Hall–Kier alpha value is -2.46. The molecule has 2 heterocycles. The van der Waals surface area contributed by atoms with Gasteiger partial charge in [0.1, 0.15) is 18.9 Å². The summed E-state index contributed by atoms with van der Waals surface area (Å²) < 4.78 is 6.25. The highest BCUT2D eigenvalue weighted by Crippen LogP contribution is 2.25. The quantitative estimate of drug-likeness (QED) is 0.413. The van der Waals surface area contributed by atoms with Crippen molar-refractivity contribution in [2.24, 2.45) is 7.05 Å². The predicted molar refractivity (Wildman–Crippen MR) is 90.3 cm³/mol. The van der Waals surface area contributed by atoms with Crippen LogP contribution in [0.25, 0.3) is 20.2 Å². The summed E-state index contributed by atoms with van der Waals surface area (Å²) in [6.07, 6.45) is 6.12. The lowest BCUT2D eigenvalue weighted by Gasteiger charge is -2.03. The van der Waals surface area contributed by atoms with E-state index in [4.69, 9.17) is 0 Å². The maximum atomic E-state index is 12.6. The molecule has 0 atom stereocenters. The molecule has 0 saturated carbocycles. The van der Waals surface area contributed by atoms with E-state index in [1.807, 2.05) is 66.7 Å². The van der Waals surface area contributed by atoms with Gasteiger partial charge in [-0.15, -0.1) is 11.3 Å². The number of fused-ring (bicyclic) bond motifs is 2. The molecule has 0 bridgehead atoms. The van der Waals surface area contributed by atoms with Gasteiger partial charge in [0.25, 0.3) is 0 Å². The normalized spacial score (nSPS) is 11.3. The number of nitrogens with zero attached hydrogens (tertiary/aromatic N) is 2. The molecule has 0 aliphatic heterocycles. The molecule has 2 aromatic carbocycles. The molecule has 0 fully saturated rings. The van der Waals surface area contributed by atoms with Crippen molar-refractivity contribution in [2.45, 2.75) is 6.54 Å². The first-order valence-electron chi connectivity index (χ1n) is 7.16. The largest absolute Gasteiger partial charge is 0.289 e. The van der Waals surface area contributed by atoms with E-state index in [1.54, 1.807) is 11.3 Å². The molecule has 0 unspecified atom stereocenters. The third-order valence-corrected chi connectivity index (χ3v) is 4.96. The van der Waals surface area contributed by atoms with Crippen LogP contribution in [0.1, 0.15) is 5.56 Å². The van der Waals surface area contributed by atoms with Gasteiger partial charge in [0, 0.05) is 20.2 Å². The van der Waals surface area contributed by atoms with Crippen molar-refractivity contribution in [1.29, 1.82) is 0 Å². The zero-order chi connectivity index (χ0) is 15.1. The van der Waals surface area contributed by atoms with Crippen LogP contribution in [0.2, 0.25) is 0 Å². The standard InChI is InChI=1S/C18H15N2OS/c1-19-8-9-20(12-19)11-13-6-7-15-17(10-13)22-16-5-3-2-4-14(16)18(15)21/h2-10,12H,11H2,1H3/q+1. The van der Waals surface area contributed by atoms with Gasteiger partial charge in [0.2, 0.25) is 6.33 Å². The van der Waals surface area contributed by atoms with Gasteiger partial charge in [-0.2, -0.15) is 0 Å². The van der Waals surface area contributed by atoms with E-state index >= 15 is 0 Å². The summed E-state index contributed by atoms with van der Waals surface area (Å²) in [5.41, 5.74) is 1.33. The second-order valence-corrected chi connectivity index (χ2v) is 6.59. The second-order valence-electron chi connectivity index (χ2n) is 5.51. The van der Waals surface area contributed by atoms with Crippen LogP contribution in [0.3, 0.4) is 0 Å². The highest BCUT2D eigenvalue weighted by atomic mass is 32.1. The van der Waals surface area contributed by atoms with Crippen LogP contribution in [-0.2, 0) is 13.6 Å². The molecule has 0 radical (unpaired) electrons. The summed E-state index contributed by atoms with van der Waals surface area (Å²) in [4.78, 5) is 12.6. The molecule has 0 aliphatic rings. The summed E-state index contributed by atoms with van der Waals surface area (Å²) in [5, 5.41) is 1.62. The van der Waals surface area contributed by atoms with Crippen molar-refractivity contribution < 1.29 is 4.57 Å². The summed E-state index contributed by atoms with van der Waals surface area (Å²) in [5.74, 6) is 0. The highest BCUT2D eigenvalue weighted by Gasteiger charge is 2.08. The van der Waals surface area contributed by atoms with E-state index < -0.39 is 0 Å². The van der Waals surface area contributed by atoms with Crippen molar-refractivity contribution in [1.82, 2.24) is 4.57 Å². The Balaban J connectivity index is 1.86. The first-order valence-corrected chi connectivity index (χ1v) is 7.98. The first-order chi connectivity index (χ1) is 10.7. The van der Waals surface area contributed by atoms with Gasteiger partial charge in [-0.25, -0.2) is 9.13 Å². The number of rotatable bonds is 2. The monoisotopic (exact) mass is 307 g/mol. The SMILES string of the molecule is C[n+]1ccn(Cc2ccc3c(=O)c4ccccc4sc3c2)c1. The van der Waals surface area contributed by atoms with E-state index in [2.05, 4.69) is 10.6 Å². The molecule has 22 heavy (non-hydrogen) atoms. The van der Waals surface area contributed by atoms with E-state index in [-0.39, 0.29) is 5.43 Å². The summed E-state index contributed by atoms with van der Waals surface area (Å²) >= 11 is 1.68.